The Morgan fingerprint density at radius 2 is 2.13 bits per heavy atom. The number of anilines is 1. The van der Waals surface area contributed by atoms with Crippen molar-refractivity contribution in [3.8, 4) is 0 Å². The van der Waals surface area contributed by atoms with Crippen molar-refractivity contribution in [3.63, 3.8) is 0 Å². The minimum absolute atomic E-state index is 0.0651. The standard InChI is InChI=1S/C15H17ClN4O3/c1-9-17-15(20(21)22)14(19(9)2)18-12-7-8-23-13(12)10-3-5-11(16)6-4-10/h3-6,12-13,18H,7-8H2,1-2H3/t12-,13-/m1/s1. The normalized spacial score (nSPS) is 20.7. The lowest BCUT2D eigenvalue weighted by molar-refractivity contribution is -0.388. The highest BCUT2D eigenvalue weighted by Gasteiger charge is 2.33. The van der Waals surface area contributed by atoms with E-state index in [1.165, 1.54) is 0 Å². The van der Waals surface area contributed by atoms with Crippen molar-refractivity contribution in [1.82, 2.24) is 9.55 Å². The van der Waals surface area contributed by atoms with Gasteiger partial charge in [-0.25, -0.2) is 0 Å². The largest absolute Gasteiger partial charge is 0.406 e. The summed E-state index contributed by atoms with van der Waals surface area (Å²) in [5.41, 5.74) is 0.992. The molecule has 0 amide bonds. The summed E-state index contributed by atoms with van der Waals surface area (Å²) in [5, 5.41) is 15.1. The van der Waals surface area contributed by atoms with Crippen molar-refractivity contribution in [2.45, 2.75) is 25.5 Å². The van der Waals surface area contributed by atoms with Crippen LogP contribution in [0.15, 0.2) is 24.3 Å². The third-order valence-electron chi connectivity index (χ3n) is 4.09. The van der Waals surface area contributed by atoms with Gasteiger partial charge in [0.2, 0.25) is 11.6 Å². The van der Waals surface area contributed by atoms with Gasteiger partial charge in [0.05, 0.1) is 6.04 Å². The lowest BCUT2D eigenvalue weighted by atomic mass is 10.0. The van der Waals surface area contributed by atoms with Crippen molar-refractivity contribution >= 4 is 23.2 Å². The fourth-order valence-electron chi connectivity index (χ4n) is 2.78. The maximum atomic E-state index is 11.2. The zero-order valence-corrected chi connectivity index (χ0v) is 13.6. The summed E-state index contributed by atoms with van der Waals surface area (Å²) in [6, 6.07) is 7.38. The van der Waals surface area contributed by atoms with E-state index in [9.17, 15) is 10.1 Å². The number of halogens is 1. The van der Waals surface area contributed by atoms with Gasteiger partial charge >= 0.3 is 5.82 Å². The Bertz CT molecular complexity index is 729. The van der Waals surface area contributed by atoms with Gasteiger partial charge in [-0.1, -0.05) is 23.7 Å². The van der Waals surface area contributed by atoms with Crippen LogP contribution in [-0.4, -0.2) is 27.1 Å². The van der Waals surface area contributed by atoms with Crippen molar-refractivity contribution < 1.29 is 9.66 Å². The van der Waals surface area contributed by atoms with Crippen LogP contribution in [0.2, 0.25) is 5.02 Å². The van der Waals surface area contributed by atoms with Gasteiger partial charge in [0.15, 0.2) is 0 Å². The lowest BCUT2D eigenvalue weighted by Gasteiger charge is -2.21. The highest BCUT2D eigenvalue weighted by Crippen LogP contribution is 2.34. The van der Waals surface area contributed by atoms with Crippen molar-refractivity contribution in [1.29, 1.82) is 0 Å². The molecule has 1 aromatic carbocycles. The van der Waals surface area contributed by atoms with Gasteiger partial charge in [0.25, 0.3) is 0 Å². The van der Waals surface area contributed by atoms with Crippen LogP contribution in [-0.2, 0) is 11.8 Å². The molecule has 23 heavy (non-hydrogen) atoms. The second-order valence-corrected chi connectivity index (χ2v) is 5.97. The molecule has 2 aromatic rings. The lowest BCUT2D eigenvalue weighted by Crippen LogP contribution is -2.25. The summed E-state index contributed by atoms with van der Waals surface area (Å²) in [5.74, 6) is 0.829. The number of aromatic nitrogens is 2. The molecule has 1 N–H and O–H groups in total. The monoisotopic (exact) mass is 336 g/mol. The molecule has 2 atom stereocenters. The predicted octanol–water partition coefficient (Wildman–Crippen LogP) is 3.23. The first kappa shape index (κ1) is 15.8. The van der Waals surface area contributed by atoms with E-state index in [1.54, 1.807) is 18.5 Å². The number of benzene rings is 1. The van der Waals surface area contributed by atoms with E-state index in [0.29, 0.717) is 23.3 Å². The highest BCUT2D eigenvalue weighted by molar-refractivity contribution is 6.30. The van der Waals surface area contributed by atoms with Gasteiger partial charge in [-0.15, -0.1) is 0 Å². The average molecular weight is 337 g/mol. The summed E-state index contributed by atoms with van der Waals surface area (Å²) in [4.78, 5) is 14.7. The molecule has 0 bridgehead atoms. The van der Waals surface area contributed by atoms with Crippen LogP contribution in [0.4, 0.5) is 11.6 Å². The Morgan fingerprint density at radius 3 is 2.78 bits per heavy atom. The number of aryl methyl sites for hydroxylation is 1. The van der Waals surface area contributed by atoms with Crippen LogP contribution < -0.4 is 5.32 Å². The predicted molar refractivity (Wildman–Crippen MR) is 86.8 cm³/mol. The third-order valence-corrected chi connectivity index (χ3v) is 4.34. The van der Waals surface area contributed by atoms with Crippen LogP contribution >= 0.6 is 11.6 Å². The summed E-state index contributed by atoms with van der Waals surface area (Å²) in [6.45, 7) is 2.33. The molecule has 0 aliphatic carbocycles. The van der Waals surface area contributed by atoms with Gasteiger partial charge in [0.1, 0.15) is 6.10 Å². The first-order valence-electron chi connectivity index (χ1n) is 7.28. The van der Waals surface area contributed by atoms with E-state index in [1.807, 2.05) is 24.3 Å². The molecule has 0 radical (unpaired) electrons. The van der Waals surface area contributed by atoms with Gasteiger partial charge in [-0.3, -0.25) is 4.57 Å². The molecule has 1 fully saturated rings. The quantitative estimate of drug-likeness (QED) is 0.684. The molecule has 1 aromatic heterocycles. The minimum atomic E-state index is -0.470. The Morgan fingerprint density at radius 1 is 1.43 bits per heavy atom. The van der Waals surface area contributed by atoms with E-state index >= 15 is 0 Å². The maximum Gasteiger partial charge on any atom is 0.406 e. The highest BCUT2D eigenvalue weighted by atomic mass is 35.5. The minimum Gasteiger partial charge on any atom is -0.371 e. The van der Waals surface area contributed by atoms with Crippen molar-refractivity contribution in [3.05, 3.63) is 50.8 Å². The fraction of sp³-hybridized carbons (Fsp3) is 0.400. The van der Waals surface area contributed by atoms with E-state index in [2.05, 4.69) is 10.3 Å². The van der Waals surface area contributed by atoms with E-state index < -0.39 is 4.92 Å². The number of hydrogen-bond donors (Lipinski definition) is 1. The average Bonchev–Trinajstić information content (AvgIpc) is 3.08. The summed E-state index contributed by atoms with van der Waals surface area (Å²) in [7, 11) is 1.75. The van der Waals surface area contributed by atoms with E-state index in [-0.39, 0.29) is 18.0 Å². The molecular formula is C15H17ClN4O3. The number of nitrogens with zero attached hydrogens (tertiary/aromatic N) is 3. The Balaban J connectivity index is 1.87. The molecule has 7 nitrogen and oxygen atoms in total. The molecule has 1 aliphatic heterocycles. The van der Waals surface area contributed by atoms with Crippen LogP contribution in [0.1, 0.15) is 23.9 Å². The van der Waals surface area contributed by atoms with E-state index in [0.717, 1.165) is 12.0 Å². The maximum absolute atomic E-state index is 11.2. The molecule has 0 saturated carbocycles. The van der Waals surface area contributed by atoms with Crippen LogP contribution in [0, 0.1) is 17.0 Å². The molecule has 1 saturated heterocycles. The first-order chi connectivity index (χ1) is 11.0. The second-order valence-electron chi connectivity index (χ2n) is 5.53. The summed E-state index contributed by atoms with van der Waals surface area (Å²) in [6.07, 6.45) is 0.580. The van der Waals surface area contributed by atoms with Gasteiger partial charge in [-0.05, 0) is 34.0 Å². The summed E-state index contributed by atoms with van der Waals surface area (Å²) >= 11 is 5.92. The zero-order valence-electron chi connectivity index (χ0n) is 12.8. The smallest absolute Gasteiger partial charge is 0.371 e. The second kappa shape index (κ2) is 6.17. The molecule has 0 spiro atoms. The zero-order chi connectivity index (χ0) is 16.6. The first-order valence-corrected chi connectivity index (χ1v) is 7.66. The van der Waals surface area contributed by atoms with E-state index in [4.69, 9.17) is 16.3 Å². The number of ether oxygens (including phenoxy) is 1. The van der Waals surface area contributed by atoms with Gasteiger partial charge < -0.3 is 20.2 Å². The molecule has 2 heterocycles. The van der Waals surface area contributed by atoms with Crippen LogP contribution in [0.3, 0.4) is 0 Å². The van der Waals surface area contributed by atoms with Crippen molar-refractivity contribution in [2.24, 2.45) is 7.05 Å². The number of nitrogens with one attached hydrogen (secondary N) is 1. The molecule has 8 heteroatoms. The van der Waals surface area contributed by atoms with Crippen molar-refractivity contribution in [2.75, 3.05) is 11.9 Å². The topological polar surface area (TPSA) is 82.2 Å². The molecule has 1 aliphatic rings. The Labute approximate surface area is 138 Å². The molecule has 0 unspecified atom stereocenters. The number of rotatable bonds is 4. The molecular weight excluding hydrogens is 320 g/mol. The fourth-order valence-corrected chi connectivity index (χ4v) is 2.90. The number of nitro groups is 1. The SMILES string of the molecule is Cc1nc([N+](=O)[O-])c(N[C@@H]2CCO[C@@H]2c2ccc(Cl)cc2)n1C. The van der Waals surface area contributed by atoms with Gasteiger partial charge in [0, 0.05) is 25.6 Å². The summed E-state index contributed by atoms with van der Waals surface area (Å²) < 4.78 is 7.50. The van der Waals surface area contributed by atoms with Crippen LogP contribution in [0.5, 0.6) is 0 Å². The third kappa shape index (κ3) is 3.02. The Hall–Kier alpha value is -2.12. The molecule has 3 rings (SSSR count). The number of hydrogen-bond acceptors (Lipinski definition) is 5. The molecule has 122 valence electrons. The van der Waals surface area contributed by atoms with Crippen LogP contribution in [0.25, 0.3) is 0 Å². The Kier molecular flexibility index (Phi) is 4.23. The van der Waals surface area contributed by atoms with Gasteiger partial charge in [-0.2, -0.15) is 0 Å². The number of imidazole rings is 1.